The van der Waals surface area contributed by atoms with Crippen molar-refractivity contribution in [1.29, 1.82) is 0 Å². The standard InChI is InChI=1S/C15H15NO2S/c1-12(17)16-19(18)15(13-8-4-2-5-9-13)14-10-6-3-7-11-14/h2-11,15H,1H3,(H,16,17). The molecule has 98 valence electrons. The van der Waals surface area contributed by atoms with Gasteiger partial charge in [-0.05, 0) is 0 Å². The van der Waals surface area contributed by atoms with E-state index in [4.69, 9.17) is 0 Å². The third-order valence-electron chi connectivity index (χ3n) is 2.66. The van der Waals surface area contributed by atoms with Gasteiger partial charge in [-0.15, -0.1) is 0 Å². The molecule has 0 aromatic heterocycles. The second-order valence-corrected chi connectivity index (χ2v) is 5.43. The maximum absolute atomic E-state index is 12.3. The van der Waals surface area contributed by atoms with Crippen LogP contribution in [0.3, 0.4) is 0 Å². The molecule has 0 heterocycles. The van der Waals surface area contributed by atoms with Crippen molar-refractivity contribution in [3.63, 3.8) is 0 Å². The minimum absolute atomic E-state index is 0.296. The monoisotopic (exact) mass is 273 g/mol. The SMILES string of the molecule is CC(=O)N[S+]([O-])C(c1ccccc1)c1ccccc1. The summed E-state index contributed by atoms with van der Waals surface area (Å²) in [6.07, 6.45) is 0. The van der Waals surface area contributed by atoms with Gasteiger partial charge in [0.1, 0.15) is 0 Å². The van der Waals surface area contributed by atoms with Crippen LogP contribution in [0.1, 0.15) is 23.3 Å². The first kappa shape index (κ1) is 13.6. The maximum atomic E-state index is 12.3. The van der Waals surface area contributed by atoms with Gasteiger partial charge in [0.05, 0.1) is 11.4 Å². The Morgan fingerprint density at radius 1 is 1.00 bits per heavy atom. The molecule has 0 aliphatic carbocycles. The second kappa shape index (κ2) is 6.41. The Labute approximate surface area is 116 Å². The largest absolute Gasteiger partial charge is 0.592 e. The Balaban J connectivity index is 2.37. The first-order chi connectivity index (χ1) is 9.18. The Hall–Kier alpha value is -1.78. The van der Waals surface area contributed by atoms with Crippen LogP contribution in [-0.4, -0.2) is 10.5 Å². The molecule has 0 spiro atoms. The minimum Gasteiger partial charge on any atom is -0.592 e. The Morgan fingerprint density at radius 2 is 1.42 bits per heavy atom. The van der Waals surface area contributed by atoms with E-state index >= 15 is 0 Å². The van der Waals surface area contributed by atoms with E-state index in [0.29, 0.717) is 0 Å². The highest BCUT2D eigenvalue weighted by atomic mass is 32.2. The molecule has 0 saturated heterocycles. The van der Waals surface area contributed by atoms with Crippen molar-refractivity contribution in [3.8, 4) is 0 Å². The molecule has 4 heteroatoms. The van der Waals surface area contributed by atoms with Gasteiger partial charge < -0.3 is 4.55 Å². The summed E-state index contributed by atoms with van der Waals surface area (Å²) in [6.45, 7) is 1.37. The van der Waals surface area contributed by atoms with Crippen molar-refractivity contribution in [1.82, 2.24) is 4.72 Å². The molecule has 2 aromatic carbocycles. The molecule has 19 heavy (non-hydrogen) atoms. The lowest BCUT2D eigenvalue weighted by Crippen LogP contribution is -2.33. The number of hydrogen-bond donors (Lipinski definition) is 1. The van der Waals surface area contributed by atoms with Crippen molar-refractivity contribution >= 4 is 17.3 Å². The van der Waals surface area contributed by atoms with Crippen molar-refractivity contribution in [2.75, 3.05) is 0 Å². The van der Waals surface area contributed by atoms with Gasteiger partial charge in [0.25, 0.3) is 5.91 Å². The van der Waals surface area contributed by atoms with Crippen LogP contribution in [0.5, 0.6) is 0 Å². The fourth-order valence-electron chi connectivity index (χ4n) is 1.90. The summed E-state index contributed by atoms with van der Waals surface area (Å²) in [5.41, 5.74) is 1.83. The third-order valence-corrected chi connectivity index (χ3v) is 4.12. The molecule has 1 N–H and O–H groups in total. The number of benzene rings is 2. The van der Waals surface area contributed by atoms with E-state index in [-0.39, 0.29) is 11.2 Å². The molecule has 1 unspecified atom stereocenters. The van der Waals surface area contributed by atoms with Gasteiger partial charge in [0.15, 0.2) is 5.25 Å². The molecular formula is C15H15NO2S. The van der Waals surface area contributed by atoms with Crippen molar-refractivity contribution in [2.45, 2.75) is 12.2 Å². The van der Waals surface area contributed by atoms with Crippen LogP contribution < -0.4 is 4.72 Å². The van der Waals surface area contributed by atoms with Gasteiger partial charge in [0, 0.05) is 18.1 Å². The van der Waals surface area contributed by atoms with Crippen LogP contribution >= 0.6 is 0 Å². The number of nitrogens with one attached hydrogen (secondary N) is 1. The van der Waals surface area contributed by atoms with Gasteiger partial charge in [-0.3, -0.25) is 4.79 Å². The van der Waals surface area contributed by atoms with Crippen LogP contribution in [0.4, 0.5) is 0 Å². The van der Waals surface area contributed by atoms with Crippen molar-refractivity contribution < 1.29 is 9.35 Å². The molecule has 1 atom stereocenters. The smallest absolute Gasteiger partial charge is 0.258 e. The summed E-state index contributed by atoms with van der Waals surface area (Å²) in [5, 5.41) is -0.355. The zero-order valence-corrected chi connectivity index (χ0v) is 11.4. The molecule has 0 saturated carbocycles. The van der Waals surface area contributed by atoms with E-state index in [9.17, 15) is 9.35 Å². The average Bonchev–Trinajstić information content (AvgIpc) is 2.40. The van der Waals surface area contributed by atoms with Crippen LogP contribution in [0.15, 0.2) is 60.7 Å². The van der Waals surface area contributed by atoms with Crippen LogP contribution in [0, 0.1) is 0 Å². The summed E-state index contributed by atoms with van der Waals surface area (Å²) in [5.74, 6) is -0.296. The normalized spacial score (nSPS) is 12.2. The maximum Gasteiger partial charge on any atom is 0.258 e. The fourth-order valence-corrected chi connectivity index (χ4v) is 3.11. The van der Waals surface area contributed by atoms with E-state index in [1.807, 2.05) is 60.7 Å². The predicted molar refractivity (Wildman–Crippen MR) is 76.7 cm³/mol. The zero-order valence-electron chi connectivity index (χ0n) is 10.6. The van der Waals surface area contributed by atoms with Gasteiger partial charge in [0.2, 0.25) is 0 Å². The van der Waals surface area contributed by atoms with Gasteiger partial charge >= 0.3 is 0 Å². The van der Waals surface area contributed by atoms with Gasteiger partial charge in [-0.1, -0.05) is 60.7 Å². The summed E-state index contributed by atoms with van der Waals surface area (Å²) in [6, 6.07) is 19.1. The number of amides is 1. The van der Waals surface area contributed by atoms with E-state index in [0.717, 1.165) is 11.1 Å². The molecule has 3 nitrogen and oxygen atoms in total. The lowest BCUT2D eigenvalue weighted by Gasteiger charge is -2.21. The molecule has 2 aromatic rings. The summed E-state index contributed by atoms with van der Waals surface area (Å²) in [4.78, 5) is 11.1. The Bertz CT molecular complexity index is 491. The number of carbonyl (C=O) groups is 1. The molecular weight excluding hydrogens is 258 g/mol. The van der Waals surface area contributed by atoms with Crippen molar-refractivity contribution in [3.05, 3.63) is 71.8 Å². The third kappa shape index (κ3) is 3.59. The molecule has 0 bridgehead atoms. The molecule has 2 rings (SSSR count). The Morgan fingerprint density at radius 3 is 1.79 bits per heavy atom. The van der Waals surface area contributed by atoms with Gasteiger partial charge in [-0.25, -0.2) is 0 Å². The van der Waals surface area contributed by atoms with Crippen LogP contribution in [0.25, 0.3) is 0 Å². The molecule has 0 fully saturated rings. The van der Waals surface area contributed by atoms with Crippen LogP contribution in [0.2, 0.25) is 0 Å². The summed E-state index contributed by atoms with van der Waals surface area (Å²) < 4.78 is 14.8. The van der Waals surface area contributed by atoms with E-state index in [1.54, 1.807) is 0 Å². The molecule has 0 aliphatic heterocycles. The predicted octanol–water partition coefficient (Wildman–Crippen LogP) is 2.58. The fraction of sp³-hybridized carbons (Fsp3) is 0.133. The number of carbonyl (C=O) groups excluding carboxylic acids is 1. The first-order valence-corrected chi connectivity index (χ1v) is 7.17. The molecule has 0 aliphatic rings. The first-order valence-electron chi connectivity index (χ1n) is 5.96. The van der Waals surface area contributed by atoms with Gasteiger partial charge in [-0.2, -0.15) is 4.72 Å². The second-order valence-electron chi connectivity index (χ2n) is 4.16. The summed E-state index contributed by atoms with van der Waals surface area (Å²) >= 11 is -1.49. The average molecular weight is 273 g/mol. The summed E-state index contributed by atoms with van der Waals surface area (Å²) in [7, 11) is 0. The number of hydrogen-bond acceptors (Lipinski definition) is 2. The Kier molecular flexibility index (Phi) is 4.60. The lowest BCUT2D eigenvalue weighted by atomic mass is 10.0. The highest BCUT2D eigenvalue weighted by molar-refractivity contribution is 7.90. The minimum atomic E-state index is -1.49. The van der Waals surface area contributed by atoms with E-state index in [2.05, 4.69) is 4.72 Å². The lowest BCUT2D eigenvalue weighted by molar-refractivity contribution is -0.117. The molecule has 1 amide bonds. The van der Waals surface area contributed by atoms with E-state index in [1.165, 1.54) is 6.92 Å². The quantitative estimate of drug-likeness (QED) is 0.870. The van der Waals surface area contributed by atoms with Crippen LogP contribution in [-0.2, 0) is 16.2 Å². The highest BCUT2D eigenvalue weighted by Crippen LogP contribution is 2.29. The van der Waals surface area contributed by atoms with Crippen molar-refractivity contribution in [2.24, 2.45) is 0 Å². The van der Waals surface area contributed by atoms with E-state index < -0.39 is 11.4 Å². The zero-order chi connectivity index (χ0) is 13.7. The highest BCUT2D eigenvalue weighted by Gasteiger charge is 2.27. The number of rotatable bonds is 4. The topological polar surface area (TPSA) is 52.2 Å². The molecule has 0 radical (unpaired) electrons.